The van der Waals surface area contributed by atoms with E-state index in [2.05, 4.69) is 18.9 Å². The first kappa shape index (κ1) is 13.7. The summed E-state index contributed by atoms with van der Waals surface area (Å²) >= 11 is 0. The lowest BCUT2D eigenvalue weighted by atomic mass is 9.95. The molecule has 0 aliphatic carbocycles. The smallest absolute Gasteiger partial charge is 0.123 e. The van der Waals surface area contributed by atoms with Gasteiger partial charge in [-0.3, -0.25) is 4.68 Å². The summed E-state index contributed by atoms with van der Waals surface area (Å²) in [4.78, 5) is 0. The highest BCUT2D eigenvalue weighted by Gasteiger charge is 2.13. The lowest BCUT2D eigenvalue weighted by Gasteiger charge is -2.13. The molecule has 0 spiro atoms. The third kappa shape index (κ3) is 3.41. The Morgan fingerprint density at radius 2 is 1.89 bits per heavy atom. The van der Waals surface area contributed by atoms with Gasteiger partial charge in [-0.1, -0.05) is 12.1 Å². The molecule has 1 heterocycles. The molecule has 2 rings (SSSR count). The van der Waals surface area contributed by atoms with Gasteiger partial charge in [0.15, 0.2) is 0 Å². The third-order valence-corrected chi connectivity index (χ3v) is 3.21. The van der Waals surface area contributed by atoms with Crippen molar-refractivity contribution in [1.29, 1.82) is 0 Å². The number of aliphatic hydroxyl groups is 1. The Morgan fingerprint density at radius 3 is 2.42 bits per heavy atom. The number of hydrogen-bond acceptors (Lipinski definition) is 2. The van der Waals surface area contributed by atoms with Crippen molar-refractivity contribution < 1.29 is 9.50 Å². The molecule has 1 aromatic heterocycles. The van der Waals surface area contributed by atoms with Crippen LogP contribution in [-0.2, 0) is 6.42 Å². The summed E-state index contributed by atoms with van der Waals surface area (Å²) in [5, 5.41) is 14.0. The number of halogens is 1. The lowest BCUT2D eigenvalue weighted by molar-refractivity contribution is 0.263. The van der Waals surface area contributed by atoms with Crippen molar-refractivity contribution in [2.75, 3.05) is 6.61 Å². The molecule has 0 bridgehead atoms. The molecule has 0 aliphatic rings. The Labute approximate surface area is 112 Å². The van der Waals surface area contributed by atoms with Crippen LogP contribution in [0.15, 0.2) is 36.5 Å². The van der Waals surface area contributed by atoms with Gasteiger partial charge in [-0.15, -0.1) is 0 Å². The minimum absolute atomic E-state index is 0.0279. The van der Waals surface area contributed by atoms with E-state index in [9.17, 15) is 9.50 Å². The molecule has 1 atom stereocenters. The first-order valence-electron chi connectivity index (χ1n) is 6.50. The summed E-state index contributed by atoms with van der Waals surface area (Å²) in [6, 6.07) is 8.57. The van der Waals surface area contributed by atoms with E-state index in [-0.39, 0.29) is 18.3 Å². The van der Waals surface area contributed by atoms with Gasteiger partial charge in [-0.2, -0.15) is 5.10 Å². The monoisotopic (exact) mass is 262 g/mol. The minimum atomic E-state index is -0.260. The van der Waals surface area contributed by atoms with E-state index in [0.717, 1.165) is 11.3 Å². The standard InChI is InChI=1S/C15H19FN2O/c1-11(2)18-8-7-15(17-18)9-13(10-19)12-3-5-14(16)6-4-12/h3-8,11,13,19H,9-10H2,1-2H3. The molecule has 0 saturated heterocycles. The second-order valence-corrected chi connectivity index (χ2v) is 5.02. The van der Waals surface area contributed by atoms with Gasteiger partial charge in [0.05, 0.1) is 12.3 Å². The number of hydrogen-bond donors (Lipinski definition) is 1. The van der Waals surface area contributed by atoms with Gasteiger partial charge in [-0.25, -0.2) is 4.39 Å². The van der Waals surface area contributed by atoms with Crippen LogP contribution < -0.4 is 0 Å². The van der Waals surface area contributed by atoms with Gasteiger partial charge in [-0.05, 0) is 37.6 Å². The molecule has 1 unspecified atom stereocenters. The largest absolute Gasteiger partial charge is 0.396 e. The first-order valence-corrected chi connectivity index (χ1v) is 6.50. The summed E-state index contributed by atoms with van der Waals surface area (Å²) in [6.45, 7) is 4.17. The highest BCUT2D eigenvalue weighted by Crippen LogP contribution is 2.20. The average Bonchev–Trinajstić information content (AvgIpc) is 2.86. The van der Waals surface area contributed by atoms with Gasteiger partial charge in [0, 0.05) is 24.6 Å². The Kier molecular flexibility index (Phi) is 4.32. The predicted octanol–water partition coefficient (Wildman–Crippen LogP) is 2.92. The maximum Gasteiger partial charge on any atom is 0.123 e. The zero-order valence-electron chi connectivity index (χ0n) is 11.3. The van der Waals surface area contributed by atoms with Crippen molar-refractivity contribution >= 4 is 0 Å². The fourth-order valence-electron chi connectivity index (χ4n) is 2.05. The Bertz CT molecular complexity index is 519. The minimum Gasteiger partial charge on any atom is -0.396 e. The van der Waals surface area contributed by atoms with Gasteiger partial charge in [0.25, 0.3) is 0 Å². The molecule has 0 fully saturated rings. The number of rotatable bonds is 5. The fraction of sp³-hybridized carbons (Fsp3) is 0.400. The van der Waals surface area contributed by atoms with Crippen LogP contribution in [-0.4, -0.2) is 21.5 Å². The van der Waals surface area contributed by atoms with Gasteiger partial charge in [0.1, 0.15) is 5.82 Å². The highest BCUT2D eigenvalue weighted by atomic mass is 19.1. The molecule has 19 heavy (non-hydrogen) atoms. The van der Waals surface area contributed by atoms with Crippen molar-refractivity contribution in [3.63, 3.8) is 0 Å². The predicted molar refractivity (Wildman–Crippen MR) is 72.5 cm³/mol. The first-order chi connectivity index (χ1) is 9.10. The van der Waals surface area contributed by atoms with E-state index >= 15 is 0 Å². The summed E-state index contributed by atoms with van der Waals surface area (Å²) in [7, 11) is 0. The van der Waals surface area contributed by atoms with E-state index in [1.165, 1.54) is 12.1 Å². The van der Waals surface area contributed by atoms with Crippen molar-refractivity contribution in [3.05, 3.63) is 53.6 Å². The van der Waals surface area contributed by atoms with Gasteiger partial charge < -0.3 is 5.11 Å². The average molecular weight is 262 g/mol. The second-order valence-electron chi connectivity index (χ2n) is 5.02. The number of aromatic nitrogens is 2. The van der Waals surface area contributed by atoms with Crippen LogP contribution in [0.1, 0.15) is 37.1 Å². The quantitative estimate of drug-likeness (QED) is 0.899. The summed E-state index contributed by atoms with van der Waals surface area (Å²) in [5.74, 6) is -0.305. The molecule has 0 radical (unpaired) electrons. The van der Waals surface area contributed by atoms with E-state index in [1.807, 2.05) is 16.9 Å². The van der Waals surface area contributed by atoms with E-state index < -0.39 is 0 Å². The molecule has 1 N–H and O–H groups in total. The van der Waals surface area contributed by atoms with Crippen LogP contribution in [0.4, 0.5) is 4.39 Å². The summed E-state index contributed by atoms with van der Waals surface area (Å²) in [6.07, 6.45) is 2.60. The zero-order chi connectivity index (χ0) is 13.8. The Morgan fingerprint density at radius 1 is 1.21 bits per heavy atom. The van der Waals surface area contributed by atoms with Gasteiger partial charge in [0.2, 0.25) is 0 Å². The molecule has 2 aromatic rings. The van der Waals surface area contributed by atoms with Crippen molar-refractivity contribution in [2.24, 2.45) is 0 Å². The molecule has 0 amide bonds. The van der Waals surface area contributed by atoms with Crippen LogP contribution in [0.2, 0.25) is 0 Å². The zero-order valence-corrected chi connectivity index (χ0v) is 11.3. The van der Waals surface area contributed by atoms with E-state index in [1.54, 1.807) is 12.1 Å². The fourth-order valence-corrected chi connectivity index (χ4v) is 2.05. The molecule has 1 aromatic carbocycles. The highest BCUT2D eigenvalue weighted by molar-refractivity contribution is 5.22. The molecule has 102 valence electrons. The molecule has 4 heteroatoms. The Hall–Kier alpha value is -1.68. The van der Waals surface area contributed by atoms with Crippen LogP contribution in [0, 0.1) is 5.82 Å². The van der Waals surface area contributed by atoms with Crippen LogP contribution in [0.25, 0.3) is 0 Å². The molecular weight excluding hydrogens is 243 g/mol. The van der Waals surface area contributed by atoms with E-state index in [4.69, 9.17) is 0 Å². The normalized spacial score (nSPS) is 12.9. The van der Waals surface area contributed by atoms with Crippen LogP contribution in [0.5, 0.6) is 0 Å². The second kappa shape index (κ2) is 5.97. The maximum atomic E-state index is 12.9. The molecule has 0 saturated carbocycles. The third-order valence-electron chi connectivity index (χ3n) is 3.21. The van der Waals surface area contributed by atoms with Gasteiger partial charge >= 0.3 is 0 Å². The maximum absolute atomic E-state index is 12.9. The van der Waals surface area contributed by atoms with Crippen molar-refractivity contribution in [1.82, 2.24) is 9.78 Å². The number of nitrogens with zero attached hydrogens (tertiary/aromatic N) is 2. The molecule has 0 aliphatic heterocycles. The van der Waals surface area contributed by atoms with Crippen molar-refractivity contribution in [2.45, 2.75) is 32.2 Å². The van der Waals surface area contributed by atoms with E-state index in [0.29, 0.717) is 12.5 Å². The van der Waals surface area contributed by atoms with Crippen LogP contribution >= 0.6 is 0 Å². The summed E-state index contributed by atoms with van der Waals surface area (Å²) in [5.41, 5.74) is 1.88. The van der Waals surface area contributed by atoms with Crippen LogP contribution in [0.3, 0.4) is 0 Å². The summed E-state index contributed by atoms with van der Waals surface area (Å²) < 4.78 is 14.8. The SMILES string of the molecule is CC(C)n1ccc(CC(CO)c2ccc(F)cc2)n1. The molecular formula is C15H19FN2O. The number of aliphatic hydroxyl groups excluding tert-OH is 1. The lowest BCUT2D eigenvalue weighted by Crippen LogP contribution is -2.09. The Balaban J connectivity index is 2.12. The molecule has 3 nitrogen and oxygen atoms in total. The van der Waals surface area contributed by atoms with Crippen molar-refractivity contribution in [3.8, 4) is 0 Å². The topological polar surface area (TPSA) is 38.0 Å². The number of benzene rings is 1.